The van der Waals surface area contributed by atoms with Crippen LogP contribution in [0.5, 0.6) is 11.5 Å². The van der Waals surface area contributed by atoms with Gasteiger partial charge in [0, 0.05) is 113 Å². The zero-order valence-corrected chi connectivity index (χ0v) is 56.9. The highest BCUT2D eigenvalue weighted by Crippen LogP contribution is 2.42. The Kier molecular flexibility index (Phi) is 21.5. The van der Waals surface area contributed by atoms with Crippen molar-refractivity contribution in [3.63, 3.8) is 0 Å². The Balaban J connectivity index is 0.000000151. The van der Waals surface area contributed by atoms with Gasteiger partial charge in [0.15, 0.2) is 0 Å². The summed E-state index contributed by atoms with van der Waals surface area (Å²) in [5.74, 6) is 4.22. The van der Waals surface area contributed by atoms with Gasteiger partial charge in [-0.05, 0) is 225 Å². The lowest BCUT2D eigenvalue weighted by atomic mass is 10.1. The smallest absolute Gasteiger partial charge is 0.270 e. The minimum absolute atomic E-state index is 0.0287. The van der Waals surface area contributed by atoms with Gasteiger partial charge in [-0.25, -0.2) is 4.39 Å². The van der Waals surface area contributed by atoms with E-state index in [9.17, 15) is 23.6 Å². The van der Waals surface area contributed by atoms with Crippen LogP contribution in [0.25, 0.3) is 24.3 Å². The molecule has 0 aliphatic carbocycles. The number of carbonyl (C=O) groups is 4. The molecule has 20 heteroatoms. The topological polar surface area (TPSA) is 193 Å². The number of amides is 4. The molecule has 0 radical (unpaired) electrons. The first-order chi connectivity index (χ1) is 45.7. The zero-order valence-electron chi connectivity index (χ0n) is 56.2. The van der Waals surface area contributed by atoms with E-state index >= 15 is 0 Å². The predicted molar refractivity (Wildman–Crippen MR) is 388 cm³/mol. The third kappa shape index (κ3) is 15.6. The fraction of sp³-hybridized carbons (Fsp3) is 0.211. The van der Waals surface area contributed by atoms with Gasteiger partial charge in [0.25, 0.3) is 23.6 Å². The van der Waals surface area contributed by atoms with Crippen LogP contribution in [0.1, 0.15) is 120 Å². The van der Waals surface area contributed by atoms with Crippen LogP contribution < -0.4 is 39.7 Å². The minimum atomic E-state index is -0.293. The molecule has 8 aromatic rings. The Hall–Kier alpha value is -11.2. The molecule has 0 unspecified atom stereocenters. The number of anilines is 8. The van der Waals surface area contributed by atoms with E-state index in [2.05, 4.69) is 56.9 Å². The zero-order chi connectivity index (χ0) is 69.4. The number of hydrogen-bond donors (Lipinski definition) is 6. The van der Waals surface area contributed by atoms with Crippen LogP contribution in [-0.4, -0.2) is 106 Å². The normalized spacial score (nSPS) is 13.3. The monoisotopic (exact) mass is 1310 g/mol. The van der Waals surface area contributed by atoms with Gasteiger partial charge >= 0.3 is 0 Å². The summed E-state index contributed by atoms with van der Waals surface area (Å²) in [6.45, 7) is 32.3. The van der Waals surface area contributed by atoms with E-state index in [0.717, 1.165) is 103 Å². The second-order valence-corrected chi connectivity index (χ2v) is 24.5. The Bertz CT molecular complexity index is 4350. The van der Waals surface area contributed by atoms with E-state index in [0.29, 0.717) is 27.8 Å². The number of hydrogen-bond acceptors (Lipinski definition) is 10. The van der Waals surface area contributed by atoms with E-state index in [1.165, 1.54) is 12.1 Å². The molecule has 0 spiro atoms. The SMILES string of the molecule is C=C1C=Cc2cc(C(=O)N(C)C(C)C)[nH]c2N1c1ccc(F)cc1.C=C1C=Cc2cc(C(=O)N(C)C(C)C)[nH]c2N1c1ccc(OC(C)C)cc1.C=C1C=Cc2cc(C(=O)NC)[nH]c2N1c1ccc(Cl)cc1.C=C1C=Cc2cc(C(=O)NC)[nH]c2N1c1ccc(OC(C)C)cc1. The molecule has 4 aromatic heterocycles. The maximum atomic E-state index is 13.2. The summed E-state index contributed by atoms with van der Waals surface area (Å²) in [7, 11) is 6.81. The fourth-order valence-corrected chi connectivity index (χ4v) is 10.7. The second kappa shape index (κ2) is 29.8. The van der Waals surface area contributed by atoms with Gasteiger partial charge < -0.3 is 49.8 Å². The highest BCUT2D eigenvalue weighted by atomic mass is 35.5. The number of nitrogens with one attached hydrogen (secondary N) is 6. The van der Waals surface area contributed by atoms with Crippen molar-refractivity contribution in [2.24, 2.45) is 0 Å². The van der Waals surface area contributed by atoms with Gasteiger partial charge in [-0.1, -0.05) is 37.9 Å². The predicted octanol–water partition coefficient (Wildman–Crippen LogP) is 16.8. The van der Waals surface area contributed by atoms with Crippen LogP contribution in [-0.2, 0) is 0 Å². The first-order valence-corrected chi connectivity index (χ1v) is 31.8. The van der Waals surface area contributed by atoms with Crippen molar-refractivity contribution in [2.75, 3.05) is 47.8 Å². The van der Waals surface area contributed by atoms with Crippen molar-refractivity contribution in [1.82, 2.24) is 40.4 Å². The summed E-state index contributed by atoms with van der Waals surface area (Å²) in [6.07, 6.45) is 15.7. The molecule has 4 aliphatic heterocycles. The van der Waals surface area contributed by atoms with Gasteiger partial charge in [-0.2, -0.15) is 0 Å². The third-order valence-electron chi connectivity index (χ3n) is 15.9. The molecule has 0 saturated carbocycles. The summed E-state index contributed by atoms with van der Waals surface area (Å²) in [4.78, 5) is 72.9. The van der Waals surface area contributed by atoms with Crippen molar-refractivity contribution in [1.29, 1.82) is 0 Å². The van der Waals surface area contributed by atoms with Crippen molar-refractivity contribution in [3.8, 4) is 11.5 Å². The molecular weight excluding hydrogens is 1230 g/mol. The van der Waals surface area contributed by atoms with E-state index < -0.39 is 0 Å². The van der Waals surface area contributed by atoms with Crippen LogP contribution in [0.2, 0.25) is 5.02 Å². The van der Waals surface area contributed by atoms with Crippen molar-refractivity contribution >= 4 is 106 Å². The summed E-state index contributed by atoms with van der Waals surface area (Å²) in [5.41, 5.74) is 12.7. The molecular formula is C76H82ClFN12O6. The molecule has 8 heterocycles. The largest absolute Gasteiger partial charge is 0.491 e. The number of halogens is 2. The molecule has 0 atom stereocenters. The van der Waals surface area contributed by atoms with Crippen molar-refractivity contribution < 1.29 is 33.0 Å². The standard InChI is InChI=1S/C22H27N3O2.C19H20FN3O.C19H21N3O2.C16H14ClN3O/c1-14(2)24(6)22(26)20-13-17-8-7-16(5)25(21(17)23-20)18-9-11-19(12-10-18)27-15(3)4;1-12(2)22(4)19(24)17-11-14-6-5-13(3)23(18(14)21-17)16-9-7-15(20)8-10-16;1-12(2)24-16-9-7-15(8-10-16)22-13(3)5-6-14-11-17(19(23)20-4)21-18(14)22;1-10-3-4-11-9-14(16(21)18-2)19-15(11)20(10)13-7-5-12(17)6-8-13/h7-15,23H,5H2,1-4,6H3;5-12,21H,3H2,1-2,4H3;5-12,21H,3H2,1-2,4H3,(H,20,23);3-9,19H,1H2,2H3,(H,18,21). The van der Waals surface area contributed by atoms with E-state index in [4.69, 9.17) is 21.1 Å². The van der Waals surface area contributed by atoms with Crippen molar-refractivity contribution in [3.05, 3.63) is 251 Å². The number of carbonyl (C=O) groups excluding carboxylic acids is 4. The van der Waals surface area contributed by atoms with Gasteiger partial charge in [-0.3, -0.25) is 38.8 Å². The quantitative estimate of drug-likeness (QED) is 0.0610. The van der Waals surface area contributed by atoms with Crippen LogP contribution >= 0.6 is 11.6 Å². The lowest BCUT2D eigenvalue weighted by Gasteiger charge is -2.28. The number of benzene rings is 4. The maximum Gasteiger partial charge on any atom is 0.270 e. The van der Waals surface area contributed by atoms with E-state index in [-0.39, 0.29) is 53.7 Å². The lowest BCUT2D eigenvalue weighted by Crippen LogP contribution is -2.33. The second-order valence-electron chi connectivity index (χ2n) is 24.0. The van der Waals surface area contributed by atoms with Crippen LogP contribution in [0.4, 0.5) is 50.4 Å². The first-order valence-electron chi connectivity index (χ1n) is 31.4. The Morgan fingerprint density at radius 2 is 0.688 bits per heavy atom. The molecule has 4 aliphatic rings. The number of allylic oxidation sites excluding steroid dienone is 4. The maximum absolute atomic E-state index is 13.2. The molecule has 0 saturated heterocycles. The van der Waals surface area contributed by atoms with E-state index in [1.807, 2.05) is 228 Å². The molecule has 0 fully saturated rings. The Labute approximate surface area is 565 Å². The molecule has 496 valence electrons. The molecule has 6 N–H and O–H groups in total. The number of ether oxygens (including phenoxy) is 2. The average molecular weight is 1310 g/mol. The number of aromatic nitrogens is 4. The summed E-state index contributed by atoms with van der Waals surface area (Å²) >= 11 is 5.94. The van der Waals surface area contributed by atoms with Gasteiger partial charge in [0.05, 0.1) is 12.2 Å². The molecule has 4 amide bonds. The molecule has 0 bridgehead atoms. The van der Waals surface area contributed by atoms with Crippen LogP contribution in [0.15, 0.2) is 195 Å². The number of nitrogens with zero attached hydrogens (tertiary/aromatic N) is 6. The average Bonchev–Trinajstić information content (AvgIpc) is 1.62. The third-order valence-corrected chi connectivity index (χ3v) is 16.1. The summed E-state index contributed by atoms with van der Waals surface area (Å²) < 4.78 is 24.6. The summed E-state index contributed by atoms with van der Waals surface area (Å²) in [6, 6.07) is 37.0. The Morgan fingerprint density at radius 3 is 0.958 bits per heavy atom. The molecule has 18 nitrogen and oxygen atoms in total. The van der Waals surface area contributed by atoms with Crippen LogP contribution in [0, 0.1) is 5.82 Å². The fourth-order valence-electron chi connectivity index (χ4n) is 10.5. The molecule has 96 heavy (non-hydrogen) atoms. The van der Waals surface area contributed by atoms with Gasteiger partial charge in [0.1, 0.15) is 63.4 Å². The number of rotatable bonds is 14. The summed E-state index contributed by atoms with van der Waals surface area (Å²) in [5, 5.41) is 5.92. The number of fused-ring (bicyclic) bond motifs is 4. The Morgan fingerprint density at radius 1 is 0.427 bits per heavy atom. The lowest BCUT2D eigenvalue weighted by molar-refractivity contribution is 0.0742. The number of aromatic amines is 4. The highest BCUT2D eigenvalue weighted by molar-refractivity contribution is 6.30. The van der Waals surface area contributed by atoms with Gasteiger partial charge in [0.2, 0.25) is 0 Å². The van der Waals surface area contributed by atoms with Crippen molar-refractivity contribution in [2.45, 2.75) is 79.7 Å². The first kappa shape index (κ1) is 69.2. The molecule has 4 aromatic carbocycles. The molecule has 12 rings (SSSR count). The minimum Gasteiger partial charge on any atom is -0.491 e. The van der Waals surface area contributed by atoms with E-state index in [1.54, 1.807) is 43.1 Å². The van der Waals surface area contributed by atoms with Crippen LogP contribution in [0.3, 0.4) is 0 Å². The van der Waals surface area contributed by atoms with Gasteiger partial charge in [-0.15, -0.1) is 0 Å². The number of H-pyrrole nitrogens is 4. The highest BCUT2D eigenvalue weighted by Gasteiger charge is 2.29.